The average Bonchev–Trinajstić information content (AvgIpc) is 2.24. The first-order valence-electron chi connectivity index (χ1n) is 5.11. The van der Waals surface area contributed by atoms with Gasteiger partial charge in [-0.25, -0.2) is 13.1 Å². The van der Waals surface area contributed by atoms with Crippen LogP contribution in [0.15, 0.2) is 0 Å². The van der Waals surface area contributed by atoms with E-state index in [0.717, 1.165) is 6.26 Å². The average molecular weight is 264 g/mol. The number of rotatable bonds is 5. The lowest BCUT2D eigenvalue weighted by Crippen LogP contribution is -2.58. The van der Waals surface area contributed by atoms with Crippen molar-refractivity contribution in [1.29, 1.82) is 0 Å². The lowest BCUT2D eigenvalue weighted by atomic mass is 10.2. The summed E-state index contributed by atoms with van der Waals surface area (Å²) in [4.78, 5) is 22.3. The molecule has 4 N–H and O–H groups in total. The van der Waals surface area contributed by atoms with Gasteiger partial charge < -0.3 is 10.6 Å². The highest BCUT2D eigenvalue weighted by atomic mass is 32.2. The van der Waals surface area contributed by atoms with Crippen molar-refractivity contribution in [2.24, 2.45) is 0 Å². The molecule has 0 spiro atoms. The standard InChI is InChI=1S/C8H16N4O4S/c1-17(15,16)12-3-2-9-8(14)6-4-11-7(13)5-10-6/h6,10,12H,2-5H2,1H3,(H,9,14)(H,11,13). The van der Waals surface area contributed by atoms with E-state index in [4.69, 9.17) is 0 Å². The zero-order valence-electron chi connectivity index (χ0n) is 9.45. The highest BCUT2D eigenvalue weighted by Crippen LogP contribution is 1.87. The molecule has 1 aliphatic rings. The Hall–Kier alpha value is -1.19. The molecule has 2 amide bonds. The van der Waals surface area contributed by atoms with E-state index in [2.05, 4.69) is 20.7 Å². The molecule has 1 fully saturated rings. The Morgan fingerprint density at radius 3 is 2.71 bits per heavy atom. The van der Waals surface area contributed by atoms with E-state index in [9.17, 15) is 18.0 Å². The molecular weight excluding hydrogens is 248 g/mol. The summed E-state index contributed by atoms with van der Waals surface area (Å²) in [5, 5.41) is 7.88. The number of hydrogen-bond donors (Lipinski definition) is 4. The molecule has 0 radical (unpaired) electrons. The number of sulfonamides is 1. The molecular formula is C8H16N4O4S. The number of carbonyl (C=O) groups excluding carboxylic acids is 2. The minimum atomic E-state index is -3.23. The van der Waals surface area contributed by atoms with Crippen LogP contribution in [0.4, 0.5) is 0 Å². The van der Waals surface area contributed by atoms with Crippen LogP contribution in [0.25, 0.3) is 0 Å². The molecule has 1 heterocycles. The number of amides is 2. The summed E-state index contributed by atoms with van der Waals surface area (Å²) in [5.74, 6) is -0.409. The molecule has 0 aromatic rings. The first-order chi connectivity index (χ1) is 7.88. The van der Waals surface area contributed by atoms with Gasteiger partial charge in [0.1, 0.15) is 6.04 Å². The van der Waals surface area contributed by atoms with Gasteiger partial charge in [-0.05, 0) is 0 Å². The summed E-state index contributed by atoms with van der Waals surface area (Å²) in [6.07, 6.45) is 1.05. The third-order valence-electron chi connectivity index (χ3n) is 2.12. The van der Waals surface area contributed by atoms with Gasteiger partial charge in [-0.2, -0.15) is 0 Å². The Balaban J connectivity index is 2.19. The summed E-state index contributed by atoms with van der Waals surface area (Å²) in [7, 11) is -3.23. The van der Waals surface area contributed by atoms with Crippen molar-refractivity contribution in [2.45, 2.75) is 6.04 Å². The van der Waals surface area contributed by atoms with Gasteiger partial charge in [-0.15, -0.1) is 0 Å². The van der Waals surface area contributed by atoms with Crippen LogP contribution in [0, 0.1) is 0 Å². The fraction of sp³-hybridized carbons (Fsp3) is 0.750. The van der Waals surface area contributed by atoms with E-state index in [0.29, 0.717) is 0 Å². The van der Waals surface area contributed by atoms with Gasteiger partial charge >= 0.3 is 0 Å². The molecule has 0 aromatic carbocycles. The summed E-state index contributed by atoms with van der Waals surface area (Å²) in [5.41, 5.74) is 0. The summed E-state index contributed by atoms with van der Waals surface area (Å²) >= 11 is 0. The molecule has 0 aliphatic carbocycles. The van der Waals surface area contributed by atoms with Crippen LogP contribution in [-0.4, -0.2) is 58.7 Å². The van der Waals surface area contributed by atoms with Crippen molar-refractivity contribution in [1.82, 2.24) is 20.7 Å². The van der Waals surface area contributed by atoms with Crippen LogP contribution in [0.3, 0.4) is 0 Å². The topological polar surface area (TPSA) is 116 Å². The normalized spacial score (nSPS) is 20.8. The van der Waals surface area contributed by atoms with Gasteiger partial charge in [-0.3, -0.25) is 14.9 Å². The largest absolute Gasteiger partial charge is 0.353 e. The van der Waals surface area contributed by atoms with Gasteiger partial charge in [0.15, 0.2) is 0 Å². The van der Waals surface area contributed by atoms with Gasteiger partial charge in [-0.1, -0.05) is 0 Å². The SMILES string of the molecule is CS(=O)(=O)NCCNC(=O)C1CNC(=O)CN1. The second-order valence-electron chi connectivity index (χ2n) is 3.70. The Bertz CT molecular complexity index is 384. The van der Waals surface area contributed by atoms with Crippen molar-refractivity contribution < 1.29 is 18.0 Å². The van der Waals surface area contributed by atoms with E-state index in [1.54, 1.807) is 0 Å². The smallest absolute Gasteiger partial charge is 0.239 e. The fourth-order valence-corrected chi connectivity index (χ4v) is 1.77. The Morgan fingerprint density at radius 1 is 1.47 bits per heavy atom. The molecule has 1 rings (SSSR count). The highest BCUT2D eigenvalue weighted by molar-refractivity contribution is 7.88. The lowest BCUT2D eigenvalue weighted by Gasteiger charge is -2.23. The Labute approximate surface area is 99.6 Å². The number of nitrogens with one attached hydrogen (secondary N) is 4. The maximum atomic E-state index is 11.5. The van der Waals surface area contributed by atoms with Crippen molar-refractivity contribution in [3.63, 3.8) is 0 Å². The second-order valence-corrected chi connectivity index (χ2v) is 5.53. The van der Waals surface area contributed by atoms with Crippen molar-refractivity contribution in [3.05, 3.63) is 0 Å². The molecule has 17 heavy (non-hydrogen) atoms. The van der Waals surface area contributed by atoms with Gasteiger partial charge in [0.05, 0.1) is 12.8 Å². The van der Waals surface area contributed by atoms with E-state index in [1.165, 1.54) is 0 Å². The van der Waals surface area contributed by atoms with Gasteiger partial charge in [0, 0.05) is 19.6 Å². The number of piperazine rings is 1. The molecule has 9 heteroatoms. The predicted octanol–water partition coefficient (Wildman–Crippen LogP) is -3.26. The maximum absolute atomic E-state index is 11.5. The molecule has 0 aromatic heterocycles. The first-order valence-corrected chi connectivity index (χ1v) is 7.00. The lowest BCUT2D eigenvalue weighted by molar-refractivity contribution is -0.126. The van der Waals surface area contributed by atoms with Crippen LogP contribution >= 0.6 is 0 Å². The molecule has 0 bridgehead atoms. The Kier molecular flexibility index (Phi) is 4.85. The van der Waals surface area contributed by atoms with Crippen molar-refractivity contribution >= 4 is 21.8 Å². The predicted molar refractivity (Wildman–Crippen MR) is 60.7 cm³/mol. The summed E-state index contributed by atoms with van der Waals surface area (Å²) in [6, 6.07) is -0.467. The van der Waals surface area contributed by atoms with Crippen LogP contribution in [0.2, 0.25) is 0 Å². The number of carbonyl (C=O) groups is 2. The summed E-state index contributed by atoms with van der Waals surface area (Å²) < 4.78 is 23.7. The molecule has 0 saturated carbocycles. The minimum Gasteiger partial charge on any atom is -0.353 e. The minimum absolute atomic E-state index is 0.111. The quantitative estimate of drug-likeness (QED) is 0.389. The van der Waals surface area contributed by atoms with E-state index in [-0.39, 0.29) is 38.0 Å². The first kappa shape index (κ1) is 13.9. The molecule has 1 aliphatic heterocycles. The van der Waals surface area contributed by atoms with Gasteiger partial charge in [0.25, 0.3) is 0 Å². The summed E-state index contributed by atoms with van der Waals surface area (Å²) in [6.45, 7) is 0.700. The van der Waals surface area contributed by atoms with Crippen LogP contribution in [-0.2, 0) is 19.6 Å². The van der Waals surface area contributed by atoms with Crippen LogP contribution in [0.5, 0.6) is 0 Å². The van der Waals surface area contributed by atoms with Crippen molar-refractivity contribution in [2.75, 3.05) is 32.4 Å². The molecule has 98 valence electrons. The fourth-order valence-electron chi connectivity index (χ4n) is 1.30. The van der Waals surface area contributed by atoms with E-state index >= 15 is 0 Å². The monoisotopic (exact) mass is 264 g/mol. The Morgan fingerprint density at radius 2 is 2.18 bits per heavy atom. The maximum Gasteiger partial charge on any atom is 0.239 e. The molecule has 1 atom stereocenters. The van der Waals surface area contributed by atoms with E-state index in [1.807, 2.05) is 0 Å². The third-order valence-corrected chi connectivity index (χ3v) is 2.85. The molecule has 1 unspecified atom stereocenters. The van der Waals surface area contributed by atoms with Crippen LogP contribution < -0.4 is 20.7 Å². The zero-order valence-corrected chi connectivity index (χ0v) is 10.3. The highest BCUT2D eigenvalue weighted by Gasteiger charge is 2.23. The molecule has 8 nitrogen and oxygen atoms in total. The molecule has 1 saturated heterocycles. The van der Waals surface area contributed by atoms with Gasteiger partial charge in [0.2, 0.25) is 21.8 Å². The van der Waals surface area contributed by atoms with Crippen molar-refractivity contribution in [3.8, 4) is 0 Å². The number of hydrogen-bond acceptors (Lipinski definition) is 5. The van der Waals surface area contributed by atoms with E-state index < -0.39 is 16.1 Å². The second kappa shape index (κ2) is 5.94. The third kappa shape index (κ3) is 5.61. The van der Waals surface area contributed by atoms with Crippen LogP contribution in [0.1, 0.15) is 0 Å². The zero-order chi connectivity index (χ0) is 12.9.